The Morgan fingerprint density at radius 1 is 0.525 bits per heavy atom. The van der Waals surface area contributed by atoms with Crippen molar-refractivity contribution >= 4 is 0 Å². The molecule has 0 spiro atoms. The van der Waals surface area contributed by atoms with Gasteiger partial charge in [-0.25, -0.2) is 0 Å². The molecule has 0 saturated carbocycles. The van der Waals surface area contributed by atoms with Gasteiger partial charge in [0.2, 0.25) is 0 Å². The number of hydrogen-bond acceptors (Lipinski definition) is 5. The van der Waals surface area contributed by atoms with Crippen molar-refractivity contribution in [3.8, 4) is 0 Å². The van der Waals surface area contributed by atoms with Crippen molar-refractivity contribution < 1.29 is 18.9 Å². The molecular weight excluding hydrogens is 498 g/mol. The van der Waals surface area contributed by atoms with Crippen LogP contribution >= 0.6 is 0 Å². The maximum absolute atomic E-state index is 6.71. The first-order chi connectivity index (χ1) is 19.8. The Morgan fingerprint density at radius 2 is 0.925 bits per heavy atom. The van der Waals surface area contributed by atoms with Gasteiger partial charge in [-0.1, -0.05) is 121 Å². The standard InChI is InChI=1S/C35H39NO4/c1-36-22-33(38-24-29-16-8-3-9-17-29)35(40-26-31-20-12-5-13-21-31)34(39-25-30-18-10-4-11-19-30)32(36)27-37-23-28-14-6-2-7-15-28/h2-21,32-35H,22-27H2,1H3/t32-,33+,34+,35-/m1/s1. The lowest BCUT2D eigenvalue weighted by atomic mass is 9.93. The first-order valence-electron chi connectivity index (χ1n) is 14.0. The van der Waals surface area contributed by atoms with Gasteiger partial charge in [0, 0.05) is 6.54 Å². The first-order valence-corrected chi connectivity index (χ1v) is 14.0. The highest BCUT2D eigenvalue weighted by Gasteiger charge is 2.45. The molecule has 4 aromatic carbocycles. The maximum Gasteiger partial charge on any atom is 0.113 e. The molecule has 0 aliphatic carbocycles. The molecule has 1 heterocycles. The zero-order valence-electron chi connectivity index (χ0n) is 23.2. The van der Waals surface area contributed by atoms with E-state index in [0.29, 0.717) is 33.0 Å². The van der Waals surface area contributed by atoms with E-state index in [-0.39, 0.29) is 24.4 Å². The minimum absolute atomic E-state index is 0.00442. The Kier molecular flexibility index (Phi) is 10.5. The number of likely N-dealkylation sites (tertiary alicyclic amines) is 1. The summed E-state index contributed by atoms with van der Waals surface area (Å²) in [6.07, 6.45) is -0.687. The van der Waals surface area contributed by atoms with Crippen molar-refractivity contribution in [3.05, 3.63) is 144 Å². The smallest absolute Gasteiger partial charge is 0.113 e. The van der Waals surface area contributed by atoms with Crippen molar-refractivity contribution in [2.45, 2.75) is 50.8 Å². The van der Waals surface area contributed by atoms with Crippen molar-refractivity contribution in [2.24, 2.45) is 0 Å². The summed E-state index contributed by atoms with van der Waals surface area (Å²) in [5.74, 6) is 0. The fraction of sp³-hybridized carbons (Fsp3) is 0.314. The topological polar surface area (TPSA) is 40.2 Å². The third-order valence-corrected chi connectivity index (χ3v) is 7.38. The van der Waals surface area contributed by atoms with Crippen LogP contribution in [0.2, 0.25) is 0 Å². The summed E-state index contributed by atoms with van der Waals surface area (Å²) in [6, 6.07) is 41.2. The minimum Gasteiger partial charge on any atom is -0.375 e. The van der Waals surface area contributed by atoms with Gasteiger partial charge in [-0.3, -0.25) is 4.90 Å². The van der Waals surface area contributed by atoms with Gasteiger partial charge in [0.15, 0.2) is 0 Å². The highest BCUT2D eigenvalue weighted by atomic mass is 16.6. The zero-order chi connectivity index (χ0) is 27.4. The van der Waals surface area contributed by atoms with Crippen LogP contribution in [0.15, 0.2) is 121 Å². The molecule has 1 aliphatic heterocycles. The van der Waals surface area contributed by atoms with E-state index in [1.54, 1.807) is 0 Å². The summed E-state index contributed by atoms with van der Waals surface area (Å²) in [7, 11) is 2.13. The van der Waals surface area contributed by atoms with Gasteiger partial charge >= 0.3 is 0 Å². The van der Waals surface area contributed by atoms with Crippen LogP contribution in [0.3, 0.4) is 0 Å². The summed E-state index contributed by atoms with van der Waals surface area (Å²) >= 11 is 0. The summed E-state index contributed by atoms with van der Waals surface area (Å²) in [6.45, 7) is 3.30. The molecule has 0 unspecified atom stereocenters. The molecule has 40 heavy (non-hydrogen) atoms. The van der Waals surface area contributed by atoms with Crippen molar-refractivity contribution in [1.29, 1.82) is 0 Å². The van der Waals surface area contributed by atoms with Crippen LogP contribution in [0.5, 0.6) is 0 Å². The summed E-state index contributed by atoms with van der Waals surface area (Å²) in [4.78, 5) is 2.30. The Hall–Kier alpha value is -3.32. The molecule has 0 amide bonds. The van der Waals surface area contributed by atoms with Crippen LogP contribution in [-0.2, 0) is 45.4 Å². The average molecular weight is 538 g/mol. The van der Waals surface area contributed by atoms with E-state index in [0.717, 1.165) is 28.8 Å². The van der Waals surface area contributed by atoms with Gasteiger partial charge in [-0.15, -0.1) is 0 Å². The third kappa shape index (κ3) is 8.10. The minimum atomic E-state index is -0.269. The molecule has 0 bridgehead atoms. The summed E-state index contributed by atoms with van der Waals surface area (Å²) in [5.41, 5.74) is 4.55. The van der Waals surface area contributed by atoms with Crippen molar-refractivity contribution in [3.63, 3.8) is 0 Å². The summed E-state index contributed by atoms with van der Waals surface area (Å²) < 4.78 is 26.2. The van der Waals surface area contributed by atoms with Gasteiger partial charge in [0.1, 0.15) is 12.2 Å². The highest BCUT2D eigenvalue weighted by molar-refractivity contribution is 5.16. The number of nitrogens with zero attached hydrogens (tertiary/aromatic N) is 1. The van der Waals surface area contributed by atoms with Gasteiger partial charge in [-0.05, 0) is 29.3 Å². The molecule has 5 heteroatoms. The molecular formula is C35H39NO4. The quantitative estimate of drug-likeness (QED) is 0.201. The molecule has 4 atom stereocenters. The van der Waals surface area contributed by atoms with E-state index in [1.807, 2.05) is 72.8 Å². The maximum atomic E-state index is 6.71. The SMILES string of the molecule is CN1C[C@H](OCc2ccccc2)[C@@H](OCc2ccccc2)[C@@H](OCc2ccccc2)[C@H]1COCc1ccccc1. The number of likely N-dealkylation sites (N-methyl/N-ethyl adjacent to an activating group) is 1. The monoisotopic (exact) mass is 537 g/mol. The van der Waals surface area contributed by atoms with Crippen LogP contribution in [0, 0.1) is 0 Å². The number of ether oxygens (including phenoxy) is 4. The van der Waals surface area contributed by atoms with Crippen LogP contribution in [0.1, 0.15) is 22.3 Å². The van der Waals surface area contributed by atoms with Crippen LogP contribution in [0.4, 0.5) is 0 Å². The molecule has 0 aromatic heterocycles. The van der Waals surface area contributed by atoms with E-state index in [9.17, 15) is 0 Å². The van der Waals surface area contributed by atoms with E-state index in [1.165, 1.54) is 0 Å². The number of hydrogen-bond donors (Lipinski definition) is 0. The van der Waals surface area contributed by atoms with Gasteiger partial charge in [0.05, 0.1) is 45.2 Å². The molecule has 1 aliphatic rings. The predicted molar refractivity (Wildman–Crippen MR) is 158 cm³/mol. The van der Waals surface area contributed by atoms with Crippen LogP contribution < -0.4 is 0 Å². The van der Waals surface area contributed by atoms with Crippen molar-refractivity contribution in [2.75, 3.05) is 20.2 Å². The lowest BCUT2D eigenvalue weighted by Crippen LogP contribution is -2.63. The Balaban J connectivity index is 1.36. The first kappa shape index (κ1) is 28.2. The Bertz CT molecular complexity index is 1240. The number of piperidine rings is 1. The molecule has 5 nitrogen and oxygen atoms in total. The molecule has 5 rings (SSSR count). The second-order valence-corrected chi connectivity index (χ2v) is 10.4. The highest BCUT2D eigenvalue weighted by Crippen LogP contribution is 2.28. The molecule has 1 saturated heterocycles. The van der Waals surface area contributed by atoms with Gasteiger partial charge in [-0.2, -0.15) is 0 Å². The Morgan fingerprint density at radius 3 is 1.40 bits per heavy atom. The van der Waals surface area contributed by atoms with E-state index in [4.69, 9.17) is 18.9 Å². The summed E-state index contributed by atoms with van der Waals surface area (Å²) in [5, 5.41) is 0. The van der Waals surface area contributed by atoms with Crippen LogP contribution in [0.25, 0.3) is 0 Å². The molecule has 0 N–H and O–H groups in total. The van der Waals surface area contributed by atoms with E-state index in [2.05, 4.69) is 60.5 Å². The number of rotatable bonds is 13. The second kappa shape index (κ2) is 14.9. The molecule has 1 fully saturated rings. The fourth-order valence-electron chi connectivity index (χ4n) is 5.16. The van der Waals surface area contributed by atoms with Crippen molar-refractivity contribution in [1.82, 2.24) is 4.90 Å². The second-order valence-electron chi connectivity index (χ2n) is 10.4. The third-order valence-electron chi connectivity index (χ3n) is 7.38. The van der Waals surface area contributed by atoms with Gasteiger partial charge in [0.25, 0.3) is 0 Å². The van der Waals surface area contributed by atoms with Gasteiger partial charge < -0.3 is 18.9 Å². The zero-order valence-corrected chi connectivity index (χ0v) is 23.2. The predicted octanol–water partition coefficient (Wildman–Crippen LogP) is 6.27. The lowest BCUT2D eigenvalue weighted by Gasteiger charge is -2.47. The van der Waals surface area contributed by atoms with Crippen LogP contribution in [-0.4, -0.2) is 49.5 Å². The van der Waals surface area contributed by atoms with E-state index < -0.39 is 0 Å². The fourth-order valence-corrected chi connectivity index (χ4v) is 5.16. The molecule has 4 aromatic rings. The normalized spacial score (nSPS) is 21.3. The average Bonchev–Trinajstić information content (AvgIpc) is 3.01. The Labute approximate surface area is 238 Å². The number of benzene rings is 4. The molecule has 0 radical (unpaired) electrons. The van der Waals surface area contributed by atoms with E-state index >= 15 is 0 Å². The largest absolute Gasteiger partial charge is 0.375 e. The lowest BCUT2D eigenvalue weighted by molar-refractivity contribution is -0.207. The molecule has 208 valence electrons.